The molecule has 1 atom stereocenters. The summed E-state index contributed by atoms with van der Waals surface area (Å²) in [6, 6.07) is 18.8. The molecular weight excluding hydrogens is 350 g/mol. The van der Waals surface area contributed by atoms with Crippen molar-refractivity contribution in [2.24, 2.45) is 0 Å². The minimum atomic E-state index is -1.10. The van der Waals surface area contributed by atoms with Crippen molar-refractivity contribution in [3.05, 3.63) is 89.7 Å². The first-order chi connectivity index (χ1) is 13.5. The van der Waals surface area contributed by atoms with Crippen molar-refractivity contribution in [2.45, 2.75) is 25.8 Å². The van der Waals surface area contributed by atoms with E-state index < -0.39 is 5.54 Å². The largest absolute Gasteiger partial charge is 0.324 e. The van der Waals surface area contributed by atoms with E-state index in [0.29, 0.717) is 11.4 Å². The minimum absolute atomic E-state index is 0.0836. The van der Waals surface area contributed by atoms with Crippen LogP contribution in [0.25, 0.3) is 0 Å². The van der Waals surface area contributed by atoms with Crippen LogP contribution < -0.4 is 10.2 Å². The third-order valence-electron chi connectivity index (χ3n) is 5.17. The Morgan fingerprint density at radius 3 is 2.07 bits per heavy atom. The number of carbonyl (C=O) groups is 2. The molecule has 0 radical (unpaired) electrons. The van der Waals surface area contributed by atoms with Crippen LogP contribution in [0, 0.1) is 13.8 Å². The molecule has 1 aromatic heterocycles. The molecule has 1 aliphatic heterocycles. The van der Waals surface area contributed by atoms with E-state index in [1.54, 1.807) is 29.4 Å². The van der Waals surface area contributed by atoms with Gasteiger partial charge in [-0.05, 0) is 55.8 Å². The molecule has 4 rings (SSSR count). The van der Waals surface area contributed by atoms with Gasteiger partial charge in [0.1, 0.15) is 0 Å². The highest BCUT2D eigenvalue weighted by Crippen LogP contribution is 2.45. The summed E-state index contributed by atoms with van der Waals surface area (Å²) >= 11 is 0. The fraction of sp³-hybridized carbons (Fsp3) is 0.174. The molecule has 0 bridgehead atoms. The lowest BCUT2D eigenvalue weighted by atomic mass is 9.76. The first-order valence-corrected chi connectivity index (χ1v) is 9.19. The van der Waals surface area contributed by atoms with Gasteiger partial charge in [-0.3, -0.25) is 19.5 Å². The smallest absolute Gasteiger partial charge is 0.255 e. The SMILES string of the molecule is Cc1ccc(NC(=O)[C@@]2(c3ccncc3)CC(=O)N2c2ccc(C)cc2)cc1. The molecule has 5 nitrogen and oxygen atoms in total. The van der Waals surface area contributed by atoms with Crippen LogP contribution in [0.2, 0.25) is 0 Å². The number of benzene rings is 2. The van der Waals surface area contributed by atoms with E-state index in [-0.39, 0.29) is 18.2 Å². The zero-order chi connectivity index (χ0) is 19.7. The van der Waals surface area contributed by atoms with Crippen molar-refractivity contribution >= 4 is 23.2 Å². The molecule has 0 unspecified atom stereocenters. The number of amides is 2. The number of nitrogens with one attached hydrogen (secondary N) is 1. The van der Waals surface area contributed by atoms with Crippen molar-refractivity contribution in [1.29, 1.82) is 0 Å². The number of rotatable bonds is 4. The Hall–Kier alpha value is -3.47. The molecule has 140 valence electrons. The molecule has 1 N–H and O–H groups in total. The predicted molar refractivity (Wildman–Crippen MR) is 109 cm³/mol. The zero-order valence-electron chi connectivity index (χ0n) is 15.8. The number of nitrogens with zero attached hydrogens (tertiary/aromatic N) is 2. The van der Waals surface area contributed by atoms with Gasteiger partial charge in [0.25, 0.3) is 5.91 Å². The van der Waals surface area contributed by atoms with Crippen LogP contribution in [0.5, 0.6) is 0 Å². The second kappa shape index (κ2) is 6.93. The van der Waals surface area contributed by atoms with E-state index in [1.807, 2.05) is 62.4 Å². The number of carbonyl (C=O) groups excluding carboxylic acids is 2. The van der Waals surface area contributed by atoms with Gasteiger partial charge in [0.2, 0.25) is 5.91 Å². The molecule has 3 aromatic rings. The molecule has 1 aliphatic rings. The third kappa shape index (κ3) is 2.95. The van der Waals surface area contributed by atoms with Crippen LogP contribution >= 0.6 is 0 Å². The molecule has 2 heterocycles. The van der Waals surface area contributed by atoms with Crippen LogP contribution in [0.15, 0.2) is 73.1 Å². The molecule has 0 spiro atoms. The van der Waals surface area contributed by atoms with Crippen LogP contribution in [-0.2, 0) is 15.1 Å². The maximum atomic E-state index is 13.5. The van der Waals surface area contributed by atoms with E-state index >= 15 is 0 Å². The number of hydrogen-bond donors (Lipinski definition) is 1. The van der Waals surface area contributed by atoms with Gasteiger partial charge in [-0.25, -0.2) is 0 Å². The lowest BCUT2D eigenvalue weighted by Crippen LogP contribution is -2.67. The number of β-lactam (4-membered cyclic amide) rings is 1. The lowest BCUT2D eigenvalue weighted by molar-refractivity contribution is -0.137. The minimum Gasteiger partial charge on any atom is -0.324 e. The maximum Gasteiger partial charge on any atom is 0.255 e. The van der Waals surface area contributed by atoms with E-state index in [2.05, 4.69) is 10.3 Å². The Kier molecular flexibility index (Phi) is 4.43. The summed E-state index contributed by atoms with van der Waals surface area (Å²) in [6.45, 7) is 3.98. The molecule has 2 aromatic carbocycles. The van der Waals surface area contributed by atoms with Crippen molar-refractivity contribution in [3.8, 4) is 0 Å². The first kappa shape index (κ1) is 17.9. The van der Waals surface area contributed by atoms with Crippen LogP contribution in [0.3, 0.4) is 0 Å². The van der Waals surface area contributed by atoms with Crippen molar-refractivity contribution in [2.75, 3.05) is 10.2 Å². The van der Waals surface area contributed by atoms with Gasteiger partial charge in [0.05, 0.1) is 6.42 Å². The van der Waals surface area contributed by atoms with Gasteiger partial charge in [-0.15, -0.1) is 0 Å². The zero-order valence-corrected chi connectivity index (χ0v) is 15.8. The summed E-state index contributed by atoms with van der Waals surface area (Å²) in [5.41, 5.74) is 3.26. The third-order valence-corrected chi connectivity index (χ3v) is 5.17. The number of aromatic nitrogens is 1. The highest BCUT2D eigenvalue weighted by atomic mass is 16.2. The molecule has 0 saturated carbocycles. The fourth-order valence-corrected chi connectivity index (χ4v) is 3.60. The summed E-state index contributed by atoms with van der Waals surface area (Å²) in [6.07, 6.45) is 3.40. The number of aryl methyl sites for hydroxylation is 2. The van der Waals surface area contributed by atoms with Crippen molar-refractivity contribution in [1.82, 2.24) is 4.98 Å². The average Bonchev–Trinajstić information content (AvgIpc) is 2.70. The number of pyridine rings is 1. The lowest BCUT2D eigenvalue weighted by Gasteiger charge is -2.50. The molecule has 28 heavy (non-hydrogen) atoms. The molecule has 1 fully saturated rings. The predicted octanol–water partition coefficient (Wildman–Crippen LogP) is 3.97. The van der Waals surface area contributed by atoms with Crippen molar-refractivity contribution in [3.63, 3.8) is 0 Å². The molecule has 5 heteroatoms. The summed E-state index contributed by atoms with van der Waals surface area (Å²) in [5.74, 6) is -0.317. The second-order valence-corrected chi connectivity index (χ2v) is 7.16. The number of anilines is 2. The van der Waals surface area contributed by atoms with Gasteiger partial charge in [-0.2, -0.15) is 0 Å². The Bertz CT molecular complexity index is 1010. The monoisotopic (exact) mass is 371 g/mol. The first-order valence-electron chi connectivity index (χ1n) is 9.19. The van der Waals surface area contributed by atoms with E-state index in [0.717, 1.165) is 16.7 Å². The summed E-state index contributed by atoms with van der Waals surface area (Å²) in [4.78, 5) is 31.8. The standard InChI is InChI=1S/C23H21N3O2/c1-16-3-7-19(8-4-16)25-22(28)23(18-11-13-24-14-12-18)15-21(27)26(23)20-9-5-17(2)6-10-20/h3-14H,15H2,1-2H3,(H,25,28)/t23-/m0/s1. The molecule has 2 amide bonds. The molecule has 0 aliphatic carbocycles. The molecule has 1 saturated heterocycles. The van der Waals surface area contributed by atoms with Gasteiger partial charge < -0.3 is 5.32 Å². The van der Waals surface area contributed by atoms with Crippen molar-refractivity contribution < 1.29 is 9.59 Å². The van der Waals surface area contributed by atoms with Crippen LogP contribution in [0.4, 0.5) is 11.4 Å². The average molecular weight is 371 g/mol. The van der Waals surface area contributed by atoms with Crippen LogP contribution in [0.1, 0.15) is 23.1 Å². The Morgan fingerprint density at radius 2 is 1.50 bits per heavy atom. The summed E-state index contributed by atoms with van der Waals surface area (Å²) in [5, 5.41) is 2.99. The normalized spacial score (nSPS) is 18.5. The highest BCUT2D eigenvalue weighted by Gasteiger charge is 2.58. The second-order valence-electron chi connectivity index (χ2n) is 7.16. The van der Waals surface area contributed by atoms with Gasteiger partial charge in [-0.1, -0.05) is 35.4 Å². The van der Waals surface area contributed by atoms with Gasteiger partial charge >= 0.3 is 0 Å². The molecular formula is C23H21N3O2. The number of hydrogen-bond acceptors (Lipinski definition) is 3. The van der Waals surface area contributed by atoms with Gasteiger partial charge in [0, 0.05) is 23.8 Å². The quantitative estimate of drug-likeness (QED) is 0.706. The fourth-order valence-electron chi connectivity index (χ4n) is 3.60. The summed E-state index contributed by atoms with van der Waals surface area (Å²) < 4.78 is 0. The topological polar surface area (TPSA) is 62.3 Å². The Balaban J connectivity index is 1.77. The van der Waals surface area contributed by atoms with E-state index in [9.17, 15) is 9.59 Å². The van der Waals surface area contributed by atoms with Gasteiger partial charge in [0.15, 0.2) is 5.54 Å². The van der Waals surface area contributed by atoms with Crippen LogP contribution in [-0.4, -0.2) is 16.8 Å². The maximum absolute atomic E-state index is 13.5. The Labute approximate surface area is 164 Å². The Morgan fingerprint density at radius 1 is 0.929 bits per heavy atom. The highest BCUT2D eigenvalue weighted by molar-refractivity contribution is 6.17. The van der Waals surface area contributed by atoms with E-state index in [1.165, 1.54) is 0 Å². The van der Waals surface area contributed by atoms with E-state index in [4.69, 9.17) is 0 Å². The summed E-state index contributed by atoms with van der Waals surface area (Å²) in [7, 11) is 0.